The highest BCUT2D eigenvalue weighted by atomic mass is 16.6. The van der Waals surface area contributed by atoms with Gasteiger partial charge in [-0.3, -0.25) is 4.90 Å². The van der Waals surface area contributed by atoms with E-state index in [1.165, 1.54) is 22.2 Å². The molecule has 2 aromatic rings. The van der Waals surface area contributed by atoms with Crippen LogP contribution in [-0.4, -0.2) is 40.6 Å². The van der Waals surface area contributed by atoms with Crippen LogP contribution in [-0.2, 0) is 18.2 Å². The van der Waals surface area contributed by atoms with E-state index in [0.29, 0.717) is 30.5 Å². The molecule has 4 heterocycles. The molecule has 132 valence electrons. The van der Waals surface area contributed by atoms with Crippen molar-refractivity contribution in [2.45, 2.75) is 38.1 Å². The second-order valence-electron chi connectivity index (χ2n) is 7.87. The van der Waals surface area contributed by atoms with Crippen LogP contribution in [0.15, 0.2) is 35.9 Å². The number of nitrogens with zero attached hydrogens (tertiary/aromatic N) is 2. The molecule has 2 fully saturated rings. The lowest BCUT2D eigenvalue weighted by Gasteiger charge is -2.54. The Morgan fingerprint density at radius 3 is 2.84 bits per heavy atom. The predicted octanol–water partition coefficient (Wildman–Crippen LogP) is 3.01. The summed E-state index contributed by atoms with van der Waals surface area (Å²) in [6.07, 6.45) is 3.49. The molecule has 0 spiro atoms. The number of aliphatic hydroxyl groups is 1. The number of rotatable bonds is 0. The number of aromatic nitrogens is 1. The standard InChI is InChI=1S/C21H26N2O2/c1-4-12-14-9-19-20-15(13-7-5-6-8-17(13)23(20)3)10-18(22(19)2)16(14)11-25-21(12)24/h4-8,14,16,18-19,21,24H,9-11H2,1-3H3/b12-4+/t14-,16+,18-,19-,21-/m0/s1. The molecule has 5 atom stereocenters. The van der Waals surface area contributed by atoms with Gasteiger partial charge in [0, 0.05) is 35.6 Å². The van der Waals surface area contributed by atoms with Gasteiger partial charge in [-0.15, -0.1) is 0 Å². The number of hydrogen-bond acceptors (Lipinski definition) is 3. The van der Waals surface area contributed by atoms with Crippen molar-refractivity contribution in [2.75, 3.05) is 13.7 Å². The van der Waals surface area contributed by atoms with Gasteiger partial charge in [-0.25, -0.2) is 0 Å². The Labute approximate surface area is 148 Å². The highest BCUT2D eigenvalue weighted by Crippen LogP contribution is 2.51. The summed E-state index contributed by atoms with van der Waals surface area (Å²) in [6, 6.07) is 9.67. The number of ether oxygens (including phenoxy) is 1. The van der Waals surface area contributed by atoms with Crippen molar-refractivity contribution in [1.29, 1.82) is 0 Å². The van der Waals surface area contributed by atoms with E-state index in [9.17, 15) is 5.11 Å². The molecular weight excluding hydrogens is 312 g/mol. The van der Waals surface area contributed by atoms with Crippen LogP contribution in [0.4, 0.5) is 0 Å². The smallest absolute Gasteiger partial charge is 0.177 e. The summed E-state index contributed by atoms with van der Waals surface area (Å²) in [4.78, 5) is 2.57. The van der Waals surface area contributed by atoms with E-state index in [1.807, 2.05) is 6.92 Å². The number of piperidine rings is 1. The van der Waals surface area contributed by atoms with E-state index in [0.717, 1.165) is 18.4 Å². The van der Waals surface area contributed by atoms with Gasteiger partial charge < -0.3 is 14.4 Å². The lowest BCUT2D eigenvalue weighted by Crippen LogP contribution is -2.57. The topological polar surface area (TPSA) is 37.6 Å². The number of aryl methyl sites for hydroxylation is 1. The molecule has 0 aliphatic carbocycles. The van der Waals surface area contributed by atoms with Gasteiger partial charge in [0.2, 0.25) is 0 Å². The second-order valence-corrected chi connectivity index (χ2v) is 7.87. The van der Waals surface area contributed by atoms with Crippen LogP contribution >= 0.6 is 0 Å². The summed E-state index contributed by atoms with van der Waals surface area (Å²) in [5.74, 6) is 0.883. The second kappa shape index (κ2) is 5.44. The first kappa shape index (κ1) is 15.6. The van der Waals surface area contributed by atoms with Crippen molar-refractivity contribution in [2.24, 2.45) is 18.9 Å². The van der Waals surface area contributed by atoms with Gasteiger partial charge in [-0.05, 0) is 49.9 Å². The van der Waals surface area contributed by atoms with Crippen molar-refractivity contribution in [3.05, 3.63) is 47.2 Å². The van der Waals surface area contributed by atoms with E-state index < -0.39 is 6.29 Å². The van der Waals surface area contributed by atoms with Crippen LogP contribution in [0.1, 0.15) is 30.6 Å². The van der Waals surface area contributed by atoms with E-state index in [4.69, 9.17) is 4.74 Å². The van der Waals surface area contributed by atoms with E-state index in [2.05, 4.69) is 53.9 Å². The molecular formula is C21H26N2O2. The number of hydrogen-bond donors (Lipinski definition) is 1. The number of para-hydroxylation sites is 1. The molecule has 25 heavy (non-hydrogen) atoms. The Hall–Kier alpha value is -1.62. The predicted molar refractivity (Wildman–Crippen MR) is 98.2 cm³/mol. The highest BCUT2D eigenvalue weighted by Gasteiger charge is 2.50. The van der Waals surface area contributed by atoms with Gasteiger partial charge in [0.25, 0.3) is 0 Å². The fraction of sp³-hybridized carbons (Fsp3) is 0.524. The third kappa shape index (κ3) is 1.99. The normalized spacial score (nSPS) is 36.5. The lowest BCUT2D eigenvalue weighted by atomic mass is 9.67. The average Bonchev–Trinajstić information content (AvgIpc) is 2.88. The average molecular weight is 338 g/mol. The van der Waals surface area contributed by atoms with Crippen LogP contribution < -0.4 is 0 Å². The zero-order valence-electron chi connectivity index (χ0n) is 15.1. The SMILES string of the molecule is C/C=C1/[C@@H](O)OC[C@@H]2[C@H]1C[C@H]1c3c(c4ccccc4n3C)C[C@@H]2N1C. The number of likely N-dealkylation sites (N-methyl/N-ethyl adjacent to an activating group) is 1. The third-order valence-electron chi connectivity index (χ3n) is 6.99. The van der Waals surface area contributed by atoms with Crippen LogP contribution in [0.3, 0.4) is 0 Å². The number of benzene rings is 1. The molecule has 1 aromatic carbocycles. The van der Waals surface area contributed by atoms with Gasteiger partial charge in [0.1, 0.15) is 0 Å². The van der Waals surface area contributed by atoms with E-state index in [-0.39, 0.29) is 0 Å². The molecule has 2 bridgehead atoms. The molecule has 4 nitrogen and oxygen atoms in total. The largest absolute Gasteiger partial charge is 0.364 e. The zero-order chi connectivity index (χ0) is 17.3. The molecule has 0 radical (unpaired) electrons. The molecule has 1 N–H and O–H groups in total. The van der Waals surface area contributed by atoms with Gasteiger partial charge in [0.05, 0.1) is 12.6 Å². The first-order chi connectivity index (χ1) is 12.1. The molecule has 1 aromatic heterocycles. The summed E-state index contributed by atoms with van der Waals surface area (Å²) in [7, 11) is 4.48. The van der Waals surface area contributed by atoms with Crippen molar-refractivity contribution in [1.82, 2.24) is 9.47 Å². The first-order valence-corrected chi connectivity index (χ1v) is 9.35. The molecule has 3 aliphatic rings. The van der Waals surface area contributed by atoms with Gasteiger partial charge in [0.15, 0.2) is 6.29 Å². The fourth-order valence-corrected chi connectivity index (χ4v) is 5.77. The molecule has 3 aliphatic heterocycles. The van der Waals surface area contributed by atoms with Gasteiger partial charge in [-0.1, -0.05) is 24.3 Å². The summed E-state index contributed by atoms with van der Waals surface area (Å²) < 4.78 is 8.12. The minimum absolute atomic E-state index is 0.410. The summed E-state index contributed by atoms with van der Waals surface area (Å²) in [6.45, 7) is 2.69. The summed E-state index contributed by atoms with van der Waals surface area (Å²) in [5, 5.41) is 11.7. The summed E-state index contributed by atoms with van der Waals surface area (Å²) >= 11 is 0. The minimum atomic E-state index is -0.720. The van der Waals surface area contributed by atoms with Gasteiger partial charge in [-0.2, -0.15) is 0 Å². The molecule has 5 rings (SSSR count). The molecule has 0 unspecified atom stereocenters. The van der Waals surface area contributed by atoms with Crippen LogP contribution in [0, 0.1) is 11.8 Å². The van der Waals surface area contributed by atoms with Crippen molar-refractivity contribution in [3.63, 3.8) is 0 Å². The maximum atomic E-state index is 10.3. The fourth-order valence-electron chi connectivity index (χ4n) is 5.77. The van der Waals surface area contributed by atoms with Gasteiger partial charge >= 0.3 is 0 Å². The van der Waals surface area contributed by atoms with Crippen molar-refractivity contribution in [3.8, 4) is 0 Å². The van der Waals surface area contributed by atoms with Crippen LogP contribution in [0.2, 0.25) is 0 Å². The molecule has 2 saturated heterocycles. The maximum absolute atomic E-state index is 10.3. The Morgan fingerprint density at radius 1 is 1.24 bits per heavy atom. The molecule has 0 amide bonds. The number of allylic oxidation sites excluding steroid dienone is 1. The maximum Gasteiger partial charge on any atom is 0.177 e. The highest BCUT2D eigenvalue weighted by molar-refractivity contribution is 5.86. The minimum Gasteiger partial charge on any atom is -0.364 e. The third-order valence-corrected chi connectivity index (χ3v) is 6.99. The first-order valence-electron chi connectivity index (χ1n) is 9.35. The Kier molecular flexibility index (Phi) is 3.40. The Morgan fingerprint density at radius 2 is 2.04 bits per heavy atom. The van der Waals surface area contributed by atoms with Crippen molar-refractivity contribution >= 4 is 10.9 Å². The molecule has 0 saturated carbocycles. The molecule has 4 heteroatoms. The number of fused-ring (bicyclic) bond motifs is 8. The zero-order valence-corrected chi connectivity index (χ0v) is 15.1. The summed E-state index contributed by atoms with van der Waals surface area (Å²) in [5.41, 5.74) is 5.41. The monoisotopic (exact) mass is 338 g/mol. The van der Waals surface area contributed by atoms with Crippen LogP contribution in [0.25, 0.3) is 10.9 Å². The van der Waals surface area contributed by atoms with Crippen LogP contribution in [0.5, 0.6) is 0 Å². The Bertz CT molecular complexity index is 868. The lowest BCUT2D eigenvalue weighted by molar-refractivity contribution is -0.149. The quantitative estimate of drug-likeness (QED) is 0.751. The Balaban J connectivity index is 1.68. The number of aliphatic hydroxyl groups excluding tert-OH is 1. The van der Waals surface area contributed by atoms with Crippen molar-refractivity contribution < 1.29 is 9.84 Å². The van der Waals surface area contributed by atoms with E-state index >= 15 is 0 Å². The van der Waals surface area contributed by atoms with E-state index in [1.54, 1.807) is 0 Å².